The molecule has 0 saturated heterocycles. The van der Waals surface area contributed by atoms with E-state index in [2.05, 4.69) is 4.97 Å². The van der Waals surface area contributed by atoms with Crippen LogP contribution in [0.2, 0.25) is 4.97 Å². The Balaban J connectivity index is 3.24. The average Bonchev–Trinajstić information content (AvgIpc) is 1.65. The molecule has 0 bridgehead atoms. The van der Waals surface area contributed by atoms with Gasteiger partial charge in [0, 0.05) is 0 Å². The standard InChI is InChI=1S/C5H10O2Te/c1-4(6)7-5(2)8-3/h5H,1-3H3. The van der Waals surface area contributed by atoms with Crippen molar-refractivity contribution < 1.29 is 9.53 Å². The molecule has 0 aromatic carbocycles. The molecule has 0 aromatic rings. The normalized spacial score (nSPS) is 12.9. The summed E-state index contributed by atoms with van der Waals surface area (Å²) in [6.07, 6.45) is 0. The first-order valence-corrected chi connectivity index (χ1v) is 6.04. The van der Waals surface area contributed by atoms with Gasteiger partial charge in [-0.3, -0.25) is 0 Å². The molecule has 1 unspecified atom stereocenters. The van der Waals surface area contributed by atoms with Gasteiger partial charge >= 0.3 is 59.4 Å². The summed E-state index contributed by atoms with van der Waals surface area (Å²) in [4.78, 5) is 12.3. The molecule has 0 aromatic heterocycles. The van der Waals surface area contributed by atoms with Gasteiger partial charge in [-0.05, 0) is 0 Å². The van der Waals surface area contributed by atoms with E-state index in [4.69, 9.17) is 4.74 Å². The van der Waals surface area contributed by atoms with Gasteiger partial charge in [-0.25, -0.2) is 0 Å². The molecular formula is C5H10O2Te. The second-order valence-electron chi connectivity index (χ2n) is 1.41. The van der Waals surface area contributed by atoms with Crippen molar-refractivity contribution in [3.63, 3.8) is 0 Å². The van der Waals surface area contributed by atoms with E-state index in [1.165, 1.54) is 6.92 Å². The van der Waals surface area contributed by atoms with E-state index in [0.29, 0.717) is 0 Å². The summed E-state index contributed by atoms with van der Waals surface area (Å²) in [6, 6.07) is 0. The maximum absolute atomic E-state index is 10.2. The molecule has 0 spiro atoms. The van der Waals surface area contributed by atoms with Gasteiger partial charge in [-0.1, -0.05) is 0 Å². The number of hydrogen-bond acceptors (Lipinski definition) is 2. The van der Waals surface area contributed by atoms with Gasteiger partial charge in [0.05, 0.1) is 0 Å². The number of rotatable bonds is 2. The van der Waals surface area contributed by atoms with Gasteiger partial charge < -0.3 is 0 Å². The molecule has 2 nitrogen and oxygen atoms in total. The quantitative estimate of drug-likeness (QED) is 0.514. The zero-order valence-electron chi connectivity index (χ0n) is 5.30. The molecule has 1 atom stereocenters. The van der Waals surface area contributed by atoms with E-state index in [0.717, 1.165) is 0 Å². The molecule has 0 saturated carbocycles. The van der Waals surface area contributed by atoms with Gasteiger partial charge in [0.25, 0.3) is 0 Å². The molecule has 8 heavy (non-hydrogen) atoms. The van der Waals surface area contributed by atoms with Crippen LogP contribution < -0.4 is 0 Å². The Kier molecular flexibility index (Phi) is 4.30. The molecular weight excluding hydrogens is 220 g/mol. The number of ether oxygens (including phenoxy) is 1. The zero-order valence-corrected chi connectivity index (χ0v) is 7.63. The Morgan fingerprint density at radius 3 is 2.38 bits per heavy atom. The SMILES string of the molecule is C[Te]C(C)OC(C)=O. The summed E-state index contributed by atoms with van der Waals surface area (Å²) in [6.45, 7) is 3.38. The fraction of sp³-hybridized carbons (Fsp3) is 0.800. The van der Waals surface area contributed by atoms with Crippen molar-refractivity contribution in [3.8, 4) is 0 Å². The Morgan fingerprint density at radius 2 is 2.25 bits per heavy atom. The van der Waals surface area contributed by atoms with Gasteiger partial charge in [-0.2, -0.15) is 0 Å². The summed E-state index contributed by atoms with van der Waals surface area (Å²) in [5.41, 5.74) is 0. The van der Waals surface area contributed by atoms with Crippen molar-refractivity contribution in [2.24, 2.45) is 0 Å². The number of hydrogen-bond donors (Lipinski definition) is 0. The third-order valence-electron chi connectivity index (χ3n) is 0.664. The molecule has 0 amide bonds. The van der Waals surface area contributed by atoms with Crippen LogP contribution in [0.25, 0.3) is 0 Å². The van der Waals surface area contributed by atoms with Crippen LogP contribution in [-0.2, 0) is 9.53 Å². The monoisotopic (exact) mass is 232 g/mol. The predicted molar refractivity (Wildman–Crippen MR) is 32.8 cm³/mol. The fourth-order valence-corrected chi connectivity index (χ4v) is 0.943. The van der Waals surface area contributed by atoms with Crippen LogP contribution in [0, 0.1) is 0 Å². The Bertz CT molecular complexity index is 82.5. The van der Waals surface area contributed by atoms with E-state index in [9.17, 15) is 4.79 Å². The molecule has 0 radical (unpaired) electrons. The van der Waals surface area contributed by atoms with Crippen molar-refractivity contribution in [2.45, 2.75) is 23.0 Å². The molecule has 3 heteroatoms. The van der Waals surface area contributed by atoms with Crippen LogP contribution in [-0.4, -0.2) is 31.0 Å². The van der Waals surface area contributed by atoms with Crippen LogP contribution >= 0.6 is 0 Å². The summed E-state index contributed by atoms with van der Waals surface area (Å²) in [5, 5.41) is 0. The summed E-state index contributed by atoms with van der Waals surface area (Å²) >= 11 is -0.0812. The summed E-state index contributed by atoms with van der Waals surface area (Å²) in [7, 11) is 0. The first-order chi connectivity index (χ1) is 3.66. The van der Waals surface area contributed by atoms with Gasteiger partial charge in [0.1, 0.15) is 0 Å². The average molecular weight is 230 g/mol. The Labute approximate surface area is 59.7 Å². The van der Waals surface area contributed by atoms with E-state index in [1.54, 1.807) is 0 Å². The topological polar surface area (TPSA) is 26.3 Å². The van der Waals surface area contributed by atoms with E-state index in [1.807, 2.05) is 6.92 Å². The van der Waals surface area contributed by atoms with Crippen molar-refractivity contribution in [1.29, 1.82) is 0 Å². The third-order valence-corrected chi connectivity index (χ3v) is 2.83. The first kappa shape index (κ1) is 8.26. The number of carbonyl (C=O) groups excluding carboxylic acids is 1. The first-order valence-electron chi connectivity index (χ1n) is 2.37. The molecule has 0 N–H and O–H groups in total. The van der Waals surface area contributed by atoms with E-state index < -0.39 is 0 Å². The van der Waals surface area contributed by atoms with E-state index >= 15 is 0 Å². The summed E-state index contributed by atoms with van der Waals surface area (Å²) in [5.74, 6) is -0.163. The minimum atomic E-state index is -0.163. The molecule has 0 fully saturated rings. The molecule has 0 aliphatic carbocycles. The van der Waals surface area contributed by atoms with Crippen molar-refractivity contribution >= 4 is 26.9 Å². The van der Waals surface area contributed by atoms with Crippen LogP contribution in [0.4, 0.5) is 0 Å². The van der Waals surface area contributed by atoms with Crippen LogP contribution in [0.15, 0.2) is 0 Å². The second-order valence-corrected chi connectivity index (χ2v) is 4.65. The molecule has 0 heterocycles. The Hall–Kier alpha value is 0.260. The molecule has 0 aliphatic heterocycles. The third kappa shape index (κ3) is 4.42. The van der Waals surface area contributed by atoms with Crippen molar-refractivity contribution in [3.05, 3.63) is 0 Å². The fourth-order valence-electron chi connectivity index (χ4n) is 0.282. The minimum absolute atomic E-state index is 0.0812. The van der Waals surface area contributed by atoms with Gasteiger partial charge in [-0.15, -0.1) is 0 Å². The van der Waals surface area contributed by atoms with Crippen LogP contribution in [0.1, 0.15) is 13.8 Å². The maximum atomic E-state index is 10.2. The number of esters is 1. The van der Waals surface area contributed by atoms with Crippen LogP contribution in [0.5, 0.6) is 0 Å². The van der Waals surface area contributed by atoms with Gasteiger partial charge in [0.15, 0.2) is 0 Å². The van der Waals surface area contributed by atoms with E-state index in [-0.39, 0.29) is 31.0 Å². The van der Waals surface area contributed by atoms with Crippen molar-refractivity contribution in [1.82, 2.24) is 0 Å². The predicted octanol–water partition coefficient (Wildman–Crippen LogP) is 0.648. The summed E-state index contributed by atoms with van der Waals surface area (Å²) < 4.78 is 5.02. The number of carbonyl (C=O) groups is 1. The van der Waals surface area contributed by atoms with Crippen LogP contribution in [0.3, 0.4) is 0 Å². The molecule has 48 valence electrons. The molecule has 0 aliphatic rings. The zero-order chi connectivity index (χ0) is 6.57. The second kappa shape index (κ2) is 4.17. The van der Waals surface area contributed by atoms with Crippen molar-refractivity contribution in [2.75, 3.05) is 0 Å². The van der Waals surface area contributed by atoms with Gasteiger partial charge in [0.2, 0.25) is 0 Å². The Morgan fingerprint density at radius 1 is 1.75 bits per heavy atom. The molecule has 0 rings (SSSR count).